The number of hydrogen-bond acceptors (Lipinski definition) is 5. The van der Waals surface area contributed by atoms with Crippen molar-refractivity contribution >= 4 is 44.6 Å². The molecular weight excluding hydrogens is 1230 g/mol. The molecule has 2 aliphatic carbocycles. The Bertz CT molecular complexity index is 5350. The van der Waals surface area contributed by atoms with Crippen LogP contribution in [-0.4, -0.2) is 9.55 Å². The molecule has 3 aliphatic rings. The Morgan fingerprint density at radius 1 is 0.500 bits per heavy atom. The summed E-state index contributed by atoms with van der Waals surface area (Å²) in [6, 6.07) is 50.6. The zero-order valence-corrected chi connectivity index (χ0v) is 48.3. The summed E-state index contributed by atoms with van der Waals surface area (Å²) in [6.45, 7) is 1.70. The zero-order valence-electron chi connectivity index (χ0n) is 61.0. The van der Waals surface area contributed by atoms with Gasteiger partial charge in [0.05, 0.1) is 20.6 Å². The number of benzene rings is 11. The van der Waals surface area contributed by atoms with Gasteiger partial charge in [-0.3, -0.25) is 0 Å². The summed E-state index contributed by atoms with van der Waals surface area (Å²) in [6.07, 6.45) is 8.04. The molecule has 13 aromatic rings. The van der Waals surface area contributed by atoms with Crippen LogP contribution in [0.1, 0.15) is 68.9 Å². The van der Waals surface area contributed by atoms with Crippen molar-refractivity contribution in [3.63, 3.8) is 0 Å². The van der Waals surface area contributed by atoms with Gasteiger partial charge in [-0.2, -0.15) is 12.1 Å². The summed E-state index contributed by atoms with van der Waals surface area (Å²) < 4.78 is 148. The van der Waals surface area contributed by atoms with Crippen LogP contribution in [0.5, 0.6) is 23.0 Å². The minimum absolute atomic E-state index is 0. The van der Waals surface area contributed by atoms with Gasteiger partial charge in [0.15, 0.2) is 0 Å². The van der Waals surface area contributed by atoms with Gasteiger partial charge >= 0.3 is 0 Å². The summed E-state index contributed by atoms with van der Waals surface area (Å²) in [5.74, 6) is 2.77. The molecule has 6 nitrogen and oxygen atoms in total. The van der Waals surface area contributed by atoms with Crippen LogP contribution in [0.4, 0.5) is 22.7 Å². The topological polar surface area (TPSA) is 42.8 Å². The Morgan fingerprint density at radius 2 is 1.09 bits per heavy atom. The molecule has 0 radical (unpaired) electrons. The maximum absolute atomic E-state index is 9.15. The van der Waals surface area contributed by atoms with Crippen LogP contribution in [0.15, 0.2) is 261 Å². The van der Waals surface area contributed by atoms with E-state index < -0.39 is 78.6 Å². The summed E-state index contributed by atoms with van der Waals surface area (Å²) in [4.78, 5) is 8.56. The number of aromatic nitrogens is 2. The molecule has 7 heteroatoms. The Kier molecular flexibility index (Phi) is 10.3. The monoisotopic (exact) mass is 1300 g/mol. The Hall–Kier alpha value is -9.74. The van der Waals surface area contributed by atoms with Crippen LogP contribution < -0.4 is 19.3 Å². The molecule has 0 saturated heterocycles. The molecule has 11 aromatic carbocycles. The normalized spacial score (nSPS) is 16.0. The van der Waals surface area contributed by atoms with Gasteiger partial charge in [0.2, 0.25) is 0 Å². The van der Waals surface area contributed by atoms with E-state index in [2.05, 4.69) is 60.7 Å². The predicted molar refractivity (Wildman–Crippen MR) is 347 cm³/mol. The van der Waals surface area contributed by atoms with Gasteiger partial charge in [0.1, 0.15) is 17.3 Å². The number of ether oxygens (including phenoxy) is 2. The predicted octanol–water partition coefficient (Wildman–Crippen LogP) is 20.9. The first-order valence-corrected chi connectivity index (χ1v) is 28.4. The fraction of sp³-hybridized carbons (Fsp3) is 0.0886. The minimum atomic E-state index is -0.598. The van der Waals surface area contributed by atoms with Gasteiger partial charge in [-0.05, 0) is 124 Å². The molecule has 1 aliphatic heterocycles. The van der Waals surface area contributed by atoms with Crippen LogP contribution in [0, 0.1) is 18.8 Å². The summed E-state index contributed by atoms with van der Waals surface area (Å²) in [5, 5.41) is 1.35. The van der Waals surface area contributed by atoms with Gasteiger partial charge in [0.25, 0.3) is 0 Å². The van der Waals surface area contributed by atoms with E-state index in [4.69, 9.17) is 35.0 Å². The molecule has 3 heterocycles. The summed E-state index contributed by atoms with van der Waals surface area (Å²) >= 11 is 0. The average Bonchev–Trinajstić information content (AvgIpc) is 1.69. The number of rotatable bonds is 12. The number of hydrogen-bond donors (Lipinski definition) is 0. The van der Waals surface area contributed by atoms with Gasteiger partial charge in [-0.15, -0.1) is 48.1 Å². The molecule has 86 heavy (non-hydrogen) atoms. The first-order valence-electron chi connectivity index (χ1n) is 35.9. The Labute approximate surface area is 537 Å². The van der Waals surface area contributed by atoms with Crippen molar-refractivity contribution in [3.8, 4) is 84.5 Å². The maximum Gasteiger partial charge on any atom is 0.143 e. The van der Waals surface area contributed by atoms with E-state index in [1.54, 1.807) is 66.3 Å². The van der Waals surface area contributed by atoms with Crippen LogP contribution >= 0.6 is 0 Å². The average molecular weight is 1300 g/mol. The standard InChI is InChI=1S/C79H57N4O2.Pt/c1-6-22-53(23-7-1)59-42-45-70-69(48-59)66-44-43-62(84-61-35-20-34-60(49-61)81-52-82(72-41-17-16-40-71(72)81)78-64(54-24-8-2-9-25-54)36-21-37-65(78)55-26-10-3-11-27-55)50-73(66)83(70)74-51-63(46-47-80-74)85-79-76(57-28-12-4-13-29-57)67-38-18-32-56-33-19-39-68(75(56)67)77(79)58-30-14-5-15-31-58;/h1-17,20-31,34-37,40-48,51-52,56H,18-19,32-33,38-39H2;/q-3;/i1D,2D,3D,6D,7D,8D,9D,10D,11D,22D,23D,24D,25D,26D,27D;. The molecule has 418 valence electrons. The Balaban J connectivity index is 0.00000827. The van der Waals surface area contributed by atoms with Crippen molar-refractivity contribution in [2.75, 3.05) is 9.80 Å². The fourth-order valence-electron chi connectivity index (χ4n) is 13.0. The van der Waals surface area contributed by atoms with E-state index in [9.17, 15) is 0 Å². The number of nitrogens with zero attached hydrogens (tertiary/aromatic N) is 4. The first kappa shape index (κ1) is 39.0. The summed E-state index contributed by atoms with van der Waals surface area (Å²) in [5.41, 5.74) is 11.8. The van der Waals surface area contributed by atoms with E-state index in [0.717, 1.165) is 66.5 Å². The molecule has 0 fully saturated rings. The van der Waals surface area contributed by atoms with Crippen molar-refractivity contribution in [2.45, 2.75) is 44.4 Å². The van der Waals surface area contributed by atoms with Crippen molar-refractivity contribution in [3.05, 3.63) is 296 Å². The molecule has 0 amide bonds. The fourth-order valence-corrected chi connectivity index (χ4v) is 13.0. The molecule has 0 N–H and O–H groups in total. The second-order valence-electron chi connectivity index (χ2n) is 21.3. The van der Waals surface area contributed by atoms with E-state index in [-0.39, 0.29) is 78.2 Å². The van der Waals surface area contributed by atoms with E-state index in [0.29, 0.717) is 61.9 Å². The largest absolute Gasteiger partial charge is 0.509 e. The molecule has 16 rings (SSSR count). The van der Waals surface area contributed by atoms with E-state index in [1.807, 2.05) is 76.2 Å². The first-order chi connectivity index (χ1) is 48.4. The smallest absolute Gasteiger partial charge is 0.143 e. The molecule has 0 unspecified atom stereocenters. The molecular formula is C79H57N4O2Pt-3. The van der Waals surface area contributed by atoms with Crippen LogP contribution in [-0.2, 0) is 33.9 Å². The third-order valence-electron chi connectivity index (χ3n) is 16.5. The van der Waals surface area contributed by atoms with Crippen molar-refractivity contribution in [1.29, 1.82) is 0 Å². The zero-order chi connectivity index (χ0) is 69.3. The number of para-hydroxylation sites is 3. The van der Waals surface area contributed by atoms with E-state index >= 15 is 0 Å². The van der Waals surface area contributed by atoms with Crippen molar-refractivity contribution in [1.82, 2.24) is 9.55 Å². The Morgan fingerprint density at radius 3 is 1.74 bits per heavy atom. The molecule has 0 atom stereocenters. The van der Waals surface area contributed by atoms with E-state index in [1.165, 1.54) is 16.7 Å². The molecule has 0 saturated carbocycles. The number of pyridine rings is 1. The number of anilines is 4. The second-order valence-corrected chi connectivity index (χ2v) is 21.3. The van der Waals surface area contributed by atoms with Crippen LogP contribution in [0.25, 0.3) is 83.3 Å². The van der Waals surface area contributed by atoms with Crippen LogP contribution in [0.3, 0.4) is 0 Å². The maximum atomic E-state index is 9.15. The van der Waals surface area contributed by atoms with Crippen molar-refractivity contribution in [2.24, 2.45) is 0 Å². The second kappa shape index (κ2) is 22.7. The third-order valence-corrected chi connectivity index (χ3v) is 16.5. The van der Waals surface area contributed by atoms with Gasteiger partial charge in [-0.1, -0.05) is 199 Å². The van der Waals surface area contributed by atoms with Gasteiger partial charge in [-0.25, -0.2) is 4.98 Å². The minimum Gasteiger partial charge on any atom is -0.509 e. The molecule has 0 spiro atoms. The quantitative estimate of drug-likeness (QED) is 0.114. The molecule has 2 aromatic heterocycles. The van der Waals surface area contributed by atoms with Crippen LogP contribution in [0.2, 0.25) is 0 Å². The number of fused-ring (bicyclic) bond motifs is 4. The van der Waals surface area contributed by atoms with Gasteiger partial charge in [0, 0.05) is 89.7 Å². The third kappa shape index (κ3) is 9.46. The van der Waals surface area contributed by atoms with Crippen molar-refractivity contribution < 1.29 is 51.1 Å². The SMILES string of the molecule is [2H]c1c([2H])c([2H])c(-c2ccc3c(c2)c2ccc(Oc4[c-]c(N5[CH-]N(c6c(-c7c([2H])c([2H])c([2H])c([2H])c7[2H])cccc6-c6c([2H])c([2H])c([2H])c([2H])c6[2H])c6ccccc65)ccc4)[c-]c2n3-c2cc(Oc3c(-c4ccccc4)c4c5c(c3-c3ccccc3)CCCC5CCC4)ccn2)c([2H])c1[2H].[Pt]. The summed E-state index contributed by atoms with van der Waals surface area (Å²) in [7, 11) is 0. The molecule has 0 bridgehead atoms. The van der Waals surface area contributed by atoms with Gasteiger partial charge < -0.3 is 23.8 Å².